The van der Waals surface area contributed by atoms with Crippen LogP contribution in [0.2, 0.25) is 0 Å². The highest BCUT2D eigenvalue weighted by Gasteiger charge is 2.12. The molecule has 2 N–H and O–H groups in total. The Kier molecular flexibility index (Phi) is 3.91. The van der Waals surface area contributed by atoms with E-state index in [1.54, 1.807) is 12.1 Å². The maximum atomic E-state index is 10.8. The summed E-state index contributed by atoms with van der Waals surface area (Å²) in [5.41, 5.74) is 2.50. The summed E-state index contributed by atoms with van der Waals surface area (Å²) >= 11 is 0. The standard InChI is InChI=1S/C13H16N4O2/c1-3-14-8-12-15-9(2)13(16-12)10-5-4-6-11(7-10)17(18)19/h4-7,14H,3,8H2,1-2H3,(H,15,16). The third kappa shape index (κ3) is 2.97. The fourth-order valence-corrected chi connectivity index (χ4v) is 1.90. The zero-order valence-electron chi connectivity index (χ0n) is 10.9. The van der Waals surface area contributed by atoms with Gasteiger partial charge in [0.05, 0.1) is 17.2 Å². The second-order valence-electron chi connectivity index (χ2n) is 4.24. The van der Waals surface area contributed by atoms with Crippen LogP contribution in [0.5, 0.6) is 0 Å². The number of nitrogens with one attached hydrogen (secondary N) is 2. The van der Waals surface area contributed by atoms with Gasteiger partial charge in [0.25, 0.3) is 5.69 Å². The molecule has 2 rings (SSSR count). The molecule has 0 aliphatic rings. The lowest BCUT2D eigenvalue weighted by Crippen LogP contribution is -2.12. The average molecular weight is 260 g/mol. The van der Waals surface area contributed by atoms with Gasteiger partial charge in [-0.25, -0.2) is 4.98 Å². The van der Waals surface area contributed by atoms with Crippen molar-refractivity contribution in [1.82, 2.24) is 15.3 Å². The monoisotopic (exact) mass is 260 g/mol. The molecule has 0 fully saturated rings. The largest absolute Gasteiger partial charge is 0.344 e. The van der Waals surface area contributed by atoms with Crippen molar-refractivity contribution in [3.05, 3.63) is 45.9 Å². The summed E-state index contributed by atoms with van der Waals surface area (Å²) in [6.45, 7) is 5.46. The zero-order valence-corrected chi connectivity index (χ0v) is 10.9. The first kappa shape index (κ1) is 13.2. The fraction of sp³-hybridized carbons (Fsp3) is 0.308. The maximum Gasteiger partial charge on any atom is 0.270 e. The molecule has 0 unspecified atom stereocenters. The van der Waals surface area contributed by atoms with Crippen molar-refractivity contribution < 1.29 is 4.92 Å². The lowest BCUT2D eigenvalue weighted by atomic mass is 10.1. The molecule has 0 atom stereocenters. The van der Waals surface area contributed by atoms with Crippen molar-refractivity contribution in [3.63, 3.8) is 0 Å². The van der Waals surface area contributed by atoms with Gasteiger partial charge in [0.1, 0.15) is 5.82 Å². The molecule has 0 amide bonds. The van der Waals surface area contributed by atoms with E-state index in [1.165, 1.54) is 6.07 Å². The van der Waals surface area contributed by atoms with Crippen LogP contribution in [0.1, 0.15) is 18.4 Å². The van der Waals surface area contributed by atoms with E-state index >= 15 is 0 Å². The van der Waals surface area contributed by atoms with Gasteiger partial charge in [0.15, 0.2) is 0 Å². The van der Waals surface area contributed by atoms with Crippen LogP contribution < -0.4 is 5.32 Å². The number of rotatable bonds is 5. The van der Waals surface area contributed by atoms with E-state index in [-0.39, 0.29) is 5.69 Å². The van der Waals surface area contributed by atoms with Crippen molar-refractivity contribution in [2.75, 3.05) is 6.54 Å². The van der Waals surface area contributed by atoms with Gasteiger partial charge < -0.3 is 10.3 Å². The van der Waals surface area contributed by atoms with E-state index in [1.807, 2.05) is 19.9 Å². The molecule has 19 heavy (non-hydrogen) atoms. The van der Waals surface area contributed by atoms with E-state index < -0.39 is 4.92 Å². The van der Waals surface area contributed by atoms with Crippen LogP contribution in [-0.4, -0.2) is 21.4 Å². The number of benzene rings is 1. The molecule has 6 nitrogen and oxygen atoms in total. The highest BCUT2D eigenvalue weighted by atomic mass is 16.6. The number of hydrogen-bond acceptors (Lipinski definition) is 4. The predicted molar refractivity (Wildman–Crippen MR) is 72.8 cm³/mol. The smallest absolute Gasteiger partial charge is 0.270 e. The minimum absolute atomic E-state index is 0.0770. The summed E-state index contributed by atoms with van der Waals surface area (Å²) in [5.74, 6) is 0.834. The van der Waals surface area contributed by atoms with Crippen LogP contribution in [0.3, 0.4) is 0 Å². The van der Waals surface area contributed by atoms with Crippen LogP contribution in [0.4, 0.5) is 5.69 Å². The summed E-state index contributed by atoms with van der Waals surface area (Å²) in [7, 11) is 0. The summed E-state index contributed by atoms with van der Waals surface area (Å²) in [6.07, 6.45) is 0. The van der Waals surface area contributed by atoms with Gasteiger partial charge in [-0.05, 0) is 13.5 Å². The number of aromatic amines is 1. The Labute approximate surface area is 111 Å². The average Bonchev–Trinajstić information content (AvgIpc) is 2.77. The van der Waals surface area contributed by atoms with E-state index in [4.69, 9.17) is 0 Å². The van der Waals surface area contributed by atoms with Crippen LogP contribution in [0, 0.1) is 17.0 Å². The molecule has 0 bridgehead atoms. The zero-order chi connectivity index (χ0) is 13.8. The van der Waals surface area contributed by atoms with E-state index in [0.29, 0.717) is 6.54 Å². The van der Waals surface area contributed by atoms with Gasteiger partial charge in [-0.15, -0.1) is 0 Å². The lowest BCUT2D eigenvalue weighted by Gasteiger charge is -1.98. The second-order valence-corrected chi connectivity index (χ2v) is 4.24. The third-order valence-electron chi connectivity index (χ3n) is 2.81. The predicted octanol–water partition coefficient (Wildman–Crippen LogP) is 2.40. The highest BCUT2D eigenvalue weighted by Crippen LogP contribution is 2.24. The summed E-state index contributed by atoms with van der Waals surface area (Å²) in [5, 5.41) is 14.0. The number of imidazole rings is 1. The highest BCUT2D eigenvalue weighted by molar-refractivity contribution is 5.64. The molecule has 0 radical (unpaired) electrons. The minimum Gasteiger partial charge on any atom is -0.344 e. The van der Waals surface area contributed by atoms with Crippen LogP contribution in [-0.2, 0) is 6.54 Å². The van der Waals surface area contributed by atoms with Crippen molar-refractivity contribution >= 4 is 5.69 Å². The van der Waals surface area contributed by atoms with Gasteiger partial charge in [-0.1, -0.05) is 19.1 Å². The quantitative estimate of drug-likeness (QED) is 0.638. The summed E-state index contributed by atoms with van der Waals surface area (Å²) < 4.78 is 0. The Morgan fingerprint density at radius 1 is 1.47 bits per heavy atom. The number of H-pyrrole nitrogens is 1. The topological polar surface area (TPSA) is 83.8 Å². The van der Waals surface area contributed by atoms with Crippen LogP contribution in [0.25, 0.3) is 11.3 Å². The molecule has 0 aliphatic carbocycles. The van der Waals surface area contributed by atoms with Gasteiger partial charge >= 0.3 is 0 Å². The Morgan fingerprint density at radius 2 is 2.26 bits per heavy atom. The molecule has 0 saturated heterocycles. The first-order chi connectivity index (χ1) is 9.11. The van der Waals surface area contributed by atoms with Crippen LogP contribution in [0.15, 0.2) is 24.3 Å². The van der Waals surface area contributed by atoms with Crippen molar-refractivity contribution in [1.29, 1.82) is 0 Å². The number of aryl methyl sites for hydroxylation is 1. The number of aromatic nitrogens is 2. The van der Waals surface area contributed by atoms with Gasteiger partial charge in [-0.2, -0.15) is 0 Å². The van der Waals surface area contributed by atoms with Crippen molar-refractivity contribution in [2.24, 2.45) is 0 Å². The summed E-state index contributed by atoms with van der Waals surface area (Å²) in [4.78, 5) is 18.0. The van der Waals surface area contributed by atoms with Crippen LogP contribution >= 0.6 is 0 Å². The Balaban J connectivity index is 2.33. The van der Waals surface area contributed by atoms with Crippen molar-refractivity contribution in [3.8, 4) is 11.3 Å². The Hall–Kier alpha value is -2.21. The number of hydrogen-bond donors (Lipinski definition) is 2. The first-order valence-electron chi connectivity index (χ1n) is 6.13. The molecule has 100 valence electrons. The van der Waals surface area contributed by atoms with E-state index in [0.717, 1.165) is 29.3 Å². The van der Waals surface area contributed by atoms with E-state index in [2.05, 4.69) is 15.3 Å². The minimum atomic E-state index is -0.398. The lowest BCUT2D eigenvalue weighted by molar-refractivity contribution is -0.384. The molecule has 6 heteroatoms. The number of nitrogens with zero attached hydrogens (tertiary/aromatic N) is 2. The van der Waals surface area contributed by atoms with Crippen molar-refractivity contribution in [2.45, 2.75) is 20.4 Å². The number of non-ortho nitro benzene ring substituents is 1. The van der Waals surface area contributed by atoms with Gasteiger partial charge in [0.2, 0.25) is 0 Å². The molecule has 1 aromatic heterocycles. The van der Waals surface area contributed by atoms with Gasteiger partial charge in [0, 0.05) is 23.4 Å². The summed E-state index contributed by atoms with van der Waals surface area (Å²) in [6, 6.07) is 6.52. The number of nitro groups is 1. The molecule has 1 aromatic carbocycles. The third-order valence-corrected chi connectivity index (χ3v) is 2.81. The molecule has 0 aliphatic heterocycles. The molecular weight excluding hydrogens is 244 g/mol. The van der Waals surface area contributed by atoms with Gasteiger partial charge in [-0.3, -0.25) is 10.1 Å². The molecule has 0 saturated carbocycles. The number of nitro benzene ring substituents is 1. The maximum absolute atomic E-state index is 10.8. The fourth-order valence-electron chi connectivity index (χ4n) is 1.90. The Morgan fingerprint density at radius 3 is 2.95 bits per heavy atom. The SMILES string of the molecule is CCNCc1nc(-c2cccc([N+](=O)[O-])c2)c(C)[nH]1. The molecular formula is C13H16N4O2. The first-order valence-corrected chi connectivity index (χ1v) is 6.13. The molecule has 1 heterocycles. The molecule has 2 aromatic rings. The normalized spacial score (nSPS) is 10.6. The Bertz CT molecular complexity index is 592. The van der Waals surface area contributed by atoms with E-state index in [9.17, 15) is 10.1 Å². The second kappa shape index (κ2) is 5.62. The molecule has 0 spiro atoms.